The zero-order valence-electron chi connectivity index (χ0n) is 14.0. The minimum atomic E-state index is -0.274. The monoisotopic (exact) mass is 337 g/mol. The lowest BCUT2D eigenvalue weighted by atomic mass is 10.1. The summed E-state index contributed by atoms with van der Waals surface area (Å²) in [5, 5.41) is 5.70. The number of rotatable bonds is 3. The van der Waals surface area contributed by atoms with Crippen LogP contribution < -0.4 is 10.6 Å². The Morgan fingerprint density at radius 1 is 1.40 bits per heavy atom. The maximum atomic E-state index is 12.2. The zero-order valence-corrected chi connectivity index (χ0v) is 14.0. The second-order valence-electron chi connectivity index (χ2n) is 6.01. The van der Waals surface area contributed by atoms with Crippen LogP contribution in [0, 0.1) is 6.92 Å². The Bertz CT molecular complexity index is 934. The average molecular weight is 337 g/mol. The fraction of sp³-hybridized carbons (Fsp3) is 0.278. The second-order valence-corrected chi connectivity index (χ2v) is 6.01. The SMILES string of the molecule is Cc1nc2ccccn2c1CNC(=O)Nc1cnc2c(c1)COCC2. The van der Waals surface area contributed by atoms with E-state index in [4.69, 9.17) is 4.74 Å². The molecule has 0 saturated carbocycles. The van der Waals surface area contributed by atoms with Crippen LogP contribution in [0.3, 0.4) is 0 Å². The van der Waals surface area contributed by atoms with Crippen molar-refractivity contribution in [2.45, 2.75) is 26.5 Å². The smallest absolute Gasteiger partial charge is 0.319 e. The summed E-state index contributed by atoms with van der Waals surface area (Å²) in [5.41, 5.74) is 5.47. The lowest BCUT2D eigenvalue weighted by Gasteiger charge is -2.16. The summed E-state index contributed by atoms with van der Waals surface area (Å²) in [6.45, 7) is 3.58. The average Bonchev–Trinajstić information content (AvgIpc) is 2.95. The van der Waals surface area contributed by atoms with Crippen LogP contribution in [-0.4, -0.2) is 27.0 Å². The van der Waals surface area contributed by atoms with E-state index in [9.17, 15) is 4.79 Å². The predicted molar refractivity (Wildman–Crippen MR) is 93.4 cm³/mol. The molecule has 3 aromatic rings. The van der Waals surface area contributed by atoms with Crippen molar-refractivity contribution in [2.24, 2.45) is 0 Å². The maximum Gasteiger partial charge on any atom is 0.319 e. The summed E-state index contributed by atoms with van der Waals surface area (Å²) < 4.78 is 7.41. The van der Waals surface area contributed by atoms with E-state index in [-0.39, 0.29) is 6.03 Å². The lowest BCUT2D eigenvalue weighted by molar-refractivity contribution is 0.109. The third-order valence-corrected chi connectivity index (χ3v) is 4.30. The van der Waals surface area contributed by atoms with E-state index in [1.54, 1.807) is 6.20 Å². The largest absolute Gasteiger partial charge is 0.376 e. The van der Waals surface area contributed by atoms with Gasteiger partial charge in [-0.25, -0.2) is 9.78 Å². The minimum Gasteiger partial charge on any atom is -0.376 e. The molecule has 128 valence electrons. The van der Waals surface area contributed by atoms with Crippen molar-refractivity contribution in [1.29, 1.82) is 0 Å². The number of nitrogens with one attached hydrogen (secondary N) is 2. The highest BCUT2D eigenvalue weighted by Crippen LogP contribution is 2.18. The highest BCUT2D eigenvalue weighted by molar-refractivity contribution is 5.89. The van der Waals surface area contributed by atoms with E-state index in [1.165, 1.54) is 0 Å². The van der Waals surface area contributed by atoms with Crippen molar-refractivity contribution in [3.05, 3.63) is 59.3 Å². The van der Waals surface area contributed by atoms with E-state index in [0.717, 1.165) is 34.7 Å². The van der Waals surface area contributed by atoms with E-state index in [0.29, 0.717) is 25.4 Å². The van der Waals surface area contributed by atoms with E-state index < -0.39 is 0 Å². The number of aromatic nitrogens is 3. The van der Waals surface area contributed by atoms with Crippen LogP contribution in [0.4, 0.5) is 10.5 Å². The Labute approximate surface area is 145 Å². The summed E-state index contributed by atoms with van der Waals surface area (Å²) >= 11 is 0. The number of hydrogen-bond acceptors (Lipinski definition) is 4. The molecule has 1 aliphatic heterocycles. The molecule has 0 fully saturated rings. The van der Waals surface area contributed by atoms with Gasteiger partial charge in [0.05, 0.1) is 43.0 Å². The first-order valence-electron chi connectivity index (χ1n) is 8.23. The number of pyridine rings is 2. The number of anilines is 1. The molecule has 4 rings (SSSR count). The third kappa shape index (κ3) is 3.18. The van der Waals surface area contributed by atoms with Gasteiger partial charge >= 0.3 is 6.03 Å². The molecule has 0 atom stereocenters. The van der Waals surface area contributed by atoms with Gasteiger partial charge in [-0.3, -0.25) is 4.98 Å². The van der Waals surface area contributed by atoms with Gasteiger partial charge in [0, 0.05) is 23.9 Å². The maximum absolute atomic E-state index is 12.2. The molecule has 7 heteroatoms. The Morgan fingerprint density at radius 2 is 2.32 bits per heavy atom. The molecule has 0 aliphatic carbocycles. The molecule has 0 aromatic carbocycles. The number of imidazole rings is 1. The lowest BCUT2D eigenvalue weighted by Crippen LogP contribution is -2.29. The number of fused-ring (bicyclic) bond motifs is 2. The van der Waals surface area contributed by atoms with Crippen molar-refractivity contribution in [3.63, 3.8) is 0 Å². The van der Waals surface area contributed by atoms with Crippen LogP contribution in [0.1, 0.15) is 22.6 Å². The number of nitrogens with zero attached hydrogens (tertiary/aromatic N) is 3. The number of amides is 2. The van der Waals surface area contributed by atoms with E-state index in [2.05, 4.69) is 20.6 Å². The third-order valence-electron chi connectivity index (χ3n) is 4.30. The number of aryl methyl sites for hydroxylation is 1. The molecule has 2 amide bonds. The highest BCUT2D eigenvalue weighted by Gasteiger charge is 2.13. The van der Waals surface area contributed by atoms with Crippen LogP contribution in [-0.2, 0) is 24.3 Å². The van der Waals surface area contributed by atoms with Crippen molar-refractivity contribution >= 4 is 17.4 Å². The van der Waals surface area contributed by atoms with E-state index in [1.807, 2.05) is 41.8 Å². The molecule has 0 unspecified atom stereocenters. The Kier molecular flexibility index (Phi) is 4.07. The number of urea groups is 1. The van der Waals surface area contributed by atoms with Crippen LogP contribution in [0.25, 0.3) is 5.65 Å². The quantitative estimate of drug-likeness (QED) is 0.769. The Balaban J connectivity index is 1.43. The van der Waals surface area contributed by atoms with Gasteiger partial charge in [-0.1, -0.05) is 6.07 Å². The highest BCUT2D eigenvalue weighted by atomic mass is 16.5. The van der Waals surface area contributed by atoms with Gasteiger partial charge < -0.3 is 19.8 Å². The van der Waals surface area contributed by atoms with Gasteiger partial charge in [0.25, 0.3) is 0 Å². The zero-order chi connectivity index (χ0) is 17.2. The topological polar surface area (TPSA) is 80.5 Å². The van der Waals surface area contributed by atoms with Gasteiger partial charge in [-0.15, -0.1) is 0 Å². The van der Waals surface area contributed by atoms with Gasteiger partial charge in [0.15, 0.2) is 0 Å². The van der Waals surface area contributed by atoms with Crippen molar-refractivity contribution in [2.75, 3.05) is 11.9 Å². The van der Waals surface area contributed by atoms with Crippen LogP contribution >= 0.6 is 0 Å². The number of carbonyl (C=O) groups excluding carboxylic acids is 1. The predicted octanol–water partition coefficient (Wildman–Crippen LogP) is 2.43. The molecule has 0 bridgehead atoms. The normalized spacial score (nSPS) is 13.5. The van der Waals surface area contributed by atoms with Gasteiger partial charge in [-0.05, 0) is 25.1 Å². The molecule has 0 radical (unpaired) electrons. The summed E-state index contributed by atoms with van der Waals surface area (Å²) in [6, 6.07) is 7.47. The fourth-order valence-electron chi connectivity index (χ4n) is 3.02. The van der Waals surface area contributed by atoms with Crippen molar-refractivity contribution in [3.8, 4) is 0 Å². The van der Waals surface area contributed by atoms with Crippen molar-refractivity contribution in [1.82, 2.24) is 19.7 Å². The molecule has 3 aromatic heterocycles. The molecule has 0 spiro atoms. The molecule has 0 saturated heterocycles. The van der Waals surface area contributed by atoms with Gasteiger partial charge in [-0.2, -0.15) is 0 Å². The molecule has 2 N–H and O–H groups in total. The molecule has 25 heavy (non-hydrogen) atoms. The molecular weight excluding hydrogens is 318 g/mol. The Hall–Kier alpha value is -2.93. The number of hydrogen-bond donors (Lipinski definition) is 2. The fourth-order valence-corrected chi connectivity index (χ4v) is 3.02. The standard InChI is InChI=1S/C18H19N5O2/c1-12-16(23-6-3-2-4-17(23)21-12)10-20-18(24)22-14-8-13-11-25-7-5-15(13)19-9-14/h2-4,6,8-9H,5,7,10-11H2,1H3,(H2,20,22,24). The molecule has 1 aliphatic rings. The molecule has 4 heterocycles. The molecular formula is C18H19N5O2. The van der Waals surface area contributed by atoms with Crippen molar-refractivity contribution < 1.29 is 9.53 Å². The number of carbonyl (C=O) groups is 1. The van der Waals surface area contributed by atoms with Crippen LogP contribution in [0.2, 0.25) is 0 Å². The summed E-state index contributed by atoms with van der Waals surface area (Å²) in [4.78, 5) is 21.1. The summed E-state index contributed by atoms with van der Waals surface area (Å²) in [7, 11) is 0. The van der Waals surface area contributed by atoms with Crippen LogP contribution in [0.5, 0.6) is 0 Å². The second kappa shape index (κ2) is 6.52. The summed E-state index contributed by atoms with van der Waals surface area (Å²) in [6.07, 6.45) is 4.44. The van der Waals surface area contributed by atoms with Gasteiger partial charge in [0.2, 0.25) is 0 Å². The first-order valence-corrected chi connectivity index (χ1v) is 8.23. The molecule has 7 nitrogen and oxygen atoms in total. The number of ether oxygens (including phenoxy) is 1. The summed E-state index contributed by atoms with van der Waals surface area (Å²) in [5.74, 6) is 0. The van der Waals surface area contributed by atoms with E-state index >= 15 is 0 Å². The first kappa shape index (κ1) is 15.6. The van der Waals surface area contributed by atoms with Gasteiger partial charge in [0.1, 0.15) is 5.65 Å². The first-order chi connectivity index (χ1) is 12.2. The Morgan fingerprint density at radius 3 is 3.24 bits per heavy atom. The minimum absolute atomic E-state index is 0.274. The van der Waals surface area contributed by atoms with Crippen LogP contribution in [0.15, 0.2) is 36.7 Å².